The predicted molar refractivity (Wildman–Crippen MR) is 95.6 cm³/mol. The van der Waals surface area contributed by atoms with Gasteiger partial charge in [0.15, 0.2) is 11.0 Å². The van der Waals surface area contributed by atoms with Crippen molar-refractivity contribution >= 4 is 35.1 Å². The molecule has 0 fully saturated rings. The van der Waals surface area contributed by atoms with Crippen molar-refractivity contribution in [1.82, 2.24) is 9.97 Å². The van der Waals surface area contributed by atoms with E-state index in [4.69, 9.17) is 10.5 Å². The van der Waals surface area contributed by atoms with E-state index < -0.39 is 22.7 Å². The lowest BCUT2D eigenvalue weighted by Gasteiger charge is -2.12. The molecule has 1 amide bonds. The molecule has 1 aromatic carbocycles. The highest BCUT2D eigenvalue weighted by molar-refractivity contribution is 8.00. The molecule has 8 nitrogen and oxygen atoms in total. The number of nitrogens with two attached hydrogens (primary N) is 1. The molecule has 4 N–H and O–H groups in total. The van der Waals surface area contributed by atoms with Crippen molar-refractivity contribution in [2.45, 2.75) is 23.8 Å². The first kappa shape index (κ1) is 18.5. The summed E-state index contributed by atoms with van der Waals surface area (Å²) in [5.74, 6) is -1.02. The van der Waals surface area contributed by atoms with Gasteiger partial charge in [-0.1, -0.05) is 36.9 Å². The lowest BCUT2D eigenvalue weighted by atomic mass is 10.2. The molecule has 132 valence electrons. The number of ether oxygens (including phenoxy) is 1. The van der Waals surface area contributed by atoms with Crippen LogP contribution in [0.2, 0.25) is 0 Å². The number of nitrogens with zero attached hydrogens (tertiary/aromatic N) is 1. The third-order valence-electron chi connectivity index (χ3n) is 3.29. The van der Waals surface area contributed by atoms with Gasteiger partial charge in [-0.2, -0.15) is 0 Å². The molecule has 0 radical (unpaired) electrons. The van der Waals surface area contributed by atoms with Gasteiger partial charge in [0.05, 0.1) is 7.11 Å². The van der Waals surface area contributed by atoms with Gasteiger partial charge < -0.3 is 15.8 Å². The Balaban J connectivity index is 2.21. The third-order valence-corrected chi connectivity index (χ3v) is 4.52. The average molecular weight is 362 g/mol. The molecule has 0 aliphatic rings. The van der Waals surface area contributed by atoms with Gasteiger partial charge in [-0.3, -0.25) is 19.4 Å². The zero-order valence-corrected chi connectivity index (χ0v) is 14.6. The summed E-state index contributed by atoms with van der Waals surface area (Å²) in [4.78, 5) is 42.6. The second-order valence-electron chi connectivity index (χ2n) is 4.99. The number of hydrogen-bond donors (Lipinski definition) is 3. The van der Waals surface area contributed by atoms with Crippen molar-refractivity contribution in [3.8, 4) is 0 Å². The normalized spacial score (nSPS) is 11.6. The van der Waals surface area contributed by atoms with Crippen LogP contribution in [0.15, 0.2) is 40.3 Å². The minimum absolute atomic E-state index is 0.129. The van der Waals surface area contributed by atoms with E-state index in [1.807, 2.05) is 6.92 Å². The van der Waals surface area contributed by atoms with E-state index in [2.05, 4.69) is 15.3 Å². The van der Waals surface area contributed by atoms with Gasteiger partial charge in [-0.15, -0.1) is 0 Å². The van der Waals surface area contributed by atoms with Crippen molar-refractivity contribution in [1.29, 1.82) is 0 Å². The van der Waals surface area contributed by atoms with E-state index >= 15 is 0 Å². The zero-order valence-electron chi connectivity index (χ0n) is 13.7. The summed E-state index contributed by atoms with van der Waals surface area (Å²) in [5.41, 5.74) is 5.45. The minimum atomic E-state index is -0.598. The largest absolute Gasteiger partial charge is 0.468 e. The number of amides is 1. The second-order valence-corrected chi connectivity index (χ2v) is 6.18. The van der Waals surface area contributed by atoms with E-state index in [0.717, 1.165) is 11.8 Å². The van der Waals surface area contributed by atoms with Gasteiger partial charge in [-0.05, 0) is 18.6 Å². The molecular weight excluding hydrogens is 344 g/mol. The van der Waals surface area contributed by atoms with Crippen molar-refractivity contribution in [2.24, 2.45) is 0 Å². The van der Waals surface area contributed by atoms with Crippen LogP contribution in [0.3, 0.4) is 0 Å². The van der Waals surface area contributed by atoms with Crippen LogP contribution in [0.4, 0.5) is 11.5 Å². The zero-order chi connectivity index (χ0) is 18.4. The first-order valence-corrected chi connectivity index (χ1v) is 8.34. The number of nitrogen functional groups attached to an aromatic ring is 1. The van der Waals surface area contributed by atoms with Crippen LogP contribution in [0.25, 0.3) is 0 Å². The van der Waals surface area contributed by atoms with Gasteiger partial charge >= 0.3 is 5.97 Å². The number of aromatic amines is 1. The van der Waals surface area contributed by atoms with Crippen molar-refractivity contribution in [2.75, 3.05) is 18.2 Å². The van der Waals surface area contributed by atoms with E-state index in [0.29, 0.717) is 12.0 Å². The first-order valence-electron chi connectivity index (χ1n) is 7.47. The number of esters is 1. The number of nitrogens with one attached hydrogen (secondary N) is 2. The molecule has 0 saturated heterocycles. The van der Waals surface area contributed by atoms with Crippen LogP contribution in [-0.4, -0.2) is 34.2 Å². The Labute approximate surface area is 148 Å². The van der Waals surface area contributed by atoms with E-state index in [1.54, 1.807) is 30.3 Å². The van der Waals surface area contributed by atoms with Crippen LogP contribution in [0, 0.1) is 0 Å². The molecule has 0 aliphatic heterocycles. The maximum absolute atomic E-state index is 12.2. The maximum atomic E-state index is 12.2. The Kier molecular flexibility index (Phi) is 6.18. The van der Waals surface area contributed by atoms with E-state index in [-0.39, 0.29) is 16.7 Å². The molecule has 0 bridgehead atoms. The molecule has 9 heteroatoms. The third kappa shape index (κ3) is 4.60. The second kappa shape index (κ2) is 8.34. The number of hydrogen-bond acceptors (Lipinski definition) is 7. The summed E-state index contributed by atoms with van der Waals surface area (Å²) >= 11 is 1.04. The van der Waals surface area contributed by atoms with Crippen molar-refractivity contribution < 1.29 is 14.3 Å². The standard InChI is InChI=1S/C16H18N4O4S/c1-3-10(15(23)24-2)25-16-19-12(17)11(14(22)20-16)18-13(21)9-7-5-4-6-8-9/h4-8,10H,3H2,1-2H3,(H,18,21)(H3,17,19,20,22). The van der Waals surface area contributed by atoms with Crippen molar-refractivity contribution in [3.63, 3.8) is 0 Å². The van der Waals surface area contributed by atoms with Crippen molar-refractivity contribution in [3.05, 3.63) is 46.2 Å². The van der Waals surface area contributed by atoms with E-state index in [9.17, 15) is 14.4 Å². The number of H-pyrrole nitrogens is 1. The van der Waals surface area contributed by atoms with E-state index in [1.165, 1.54) is 7.11 Å². The number of methoxy groups -OCH3 is 1. The van der Waals surface area contributed by atoms with Gasteiger partial charge in [0.1, 0.15) is 10.9 Å². The molecule has 1 unspecified atom stereocenters. The number of carbonyl (C=O) groups excluding carboxylic acids is 2. The lowest BCUT2D eigenvalue weighted by molar-refractivity contribution is -0.140. The molecule has 1 aromatic heterocycles. The molecule has 2 rings (SSSR count). The highest BCUT2D eigenvalue weighted by Gasteiger charge is 2.21. The molecule has 1 heterocycles. The number of aromatic nitrogens is 2. The van der Waals surface area contributed by atoms with Crippen LogP contribution in [-0.2, 0) is 9.53 Å². The smallest absolute Gasteiger partial charge is 0.319 e. The number of rotatable bonds is 6. The molecule has 2 aromatic rings. The predicted octanol–water partition coefficient (Wildman–Crippen LogP) is 1.65. The fourth-order valence-electron chi connectivity index (χ4n) is 1.99. The Morgan fingerprint density at radius 1 is 1.36 bits per heavy atom. The number of benzene rings is 1. The van der Waals surface area contributed by atoms with Gasteiger partial charge in [0.25, 0.3) is 11.5 Å². The van der Waals surface area contributed by atoms with Crippen LogP contribution in [0.5, 0.6) is 0 Å². The summed E-state index contributed by atoms with van der Waals surface area (Å²) in [5, 5.41) is 2.11. The Bertz CT molecular complexity index is 823. The highest BCUT2D eigenvalue weighted by atomic mass is 32.2. The fraction of sp³-hybridized carbons (Fsp3) is 0.250. The SMILES string of the molecule is CCC(Sc1nc(N)c(NC(=O)c2ccccc2)c(=O)[nH]1)C(=O)OC. The Morgan fingerprint density at radius 2 is 2.04 bits per heavy atom. The van der Waals surface area contributed by atoms with Crippen LogP contribution >= 0.6 is 11.8 Å². The summed E-state index contributed by atoms with van der Waals surface area (Å²) in [7, 11) is 1.29. The lowest BCUT2D eigenvalue weighted by Crippen LogP contribution is -2.24. The van der Waals surface area contributed by atoms with Crippen LogP contribution < -0.4 is 16.6 Å². The summed E-state index contributed by atoms with van der Waals surface area (Å²) in [6.07, 6.45) is 0.494. The maximum Gasteiger partial charge on any atom is 0.319 e. The quantitative estimate of drug-likeness (QED) is 0.405. The van der Waals surface area contributed by atoms with Gasteiger partial charge in [0, 0.05) is 5.56 Å². The number of carbonyl (C=O) groups is 2. The first-order chi connectivity index (χ1) is 12.0. The molecular formula is C16H18N4O4S. The number of thioether (sulfide) groups is 1. The summed E-state index contributed by atoms with van der Waals surface area (Å²) < 4.78 is 4.69. The van der Waals surface area contributed by atoms with Gasteiger partial charge in [0.2, 0.25) is 0 Å². The average Bonchev–Trinajstić information content (AvgIpc) is 2.62. The molecule has 25 heavy (non-hydrogen) atoms. The molecule has 0 spiro atoms. The number of anilines is 2. The van der Waals surface area contributed by atoms with Crippen LogP contribution in [0.1, 0.15) is 23.7 Å². The summed E-state index contributed by atoms with van der Waals surface area (Å²) in [6.45, 7) is 1.81. The Morgan fingerprint density at radius 3 is 2.60 bits per heavy atom. The molecule has 0 aliphatic carbocycles. The highest BCUT2D eigenvalue weighted by Crippen LogP contribution is 2.24. The molecule has 1 atom stereocenters. The summed E-state index contributed by atoms with van der Waals surface area (Å²) in [6, 6.07) is 8.41. The molecule has 0 saturated carbocycles. The van der Waals surface area contributed by atoms with Gasteiger partial charge in [-0.25, -0.2) is 4.98 Å². The Hall–Kier alpha value is -2.81. The minimum Gasteiger partial charge on any atom is -0.468 e. The topological polar surface area (TPSA) is 127 Å². The monoisotopic (exact) mass is 362 g/mol. The fourth-order valence-corrected chi connectivity index (χ4v) is 2.92.